The summed E-state index contributed by atoms with van der Waals surface area (Å²) in [6.45, 7) is 8.46. The molecule has 102 valence electrons. The molecule has 0 bridgehead atoms. The van der Waals surface area contributed by atoms with E-state index in [2.05, 4.69) is 37.9 Å². The molecule has 1 aromatic heterocycles. The second-order valence-electron chi connectivity index (χ2n) is 6.36. The predicted octanol–water partition coefficient (Wildman–Crippen LogP) is 2.72. The standard InChI is InChI=1S/C16H22N2O/c1-10(17)7-12-8-11-9-13(16(2,3)4)5-6-14(11)18-15(12)19/h5-6,8-10H,7,17H2,1-4H3,(H,18,19). The third kappa shape index (κ3) is 3.04. The van der Waals surface area contributed by atoms with Gasteiger partial charge in [-0.2, -0.15) is 0 Å². The normalized spacial score (nSPS) is 13.7. The van der Waals surface area contributed by atoms with Crippen LogP contribution in [0.25, 0.3) is 10.9 Å². The molecule has 3 heteroatoms. The third-order valence-corrected chi connectivity index (χ3v) is 3.33. The smallest absolute Gasteiger partial charge is 0.251 e. The monoisotopic (exact) mass is 258 g/mol. The van der Waals surface area contributed by atoms with Gasteiger partial charge in [0.2, 0.25) is 0 Å². The Balaban J connectivity index is 2.58. The van der Waals surface area contributed by atoms with E-state index in [1.807, 2.05) is 19.1 Å². The molecule has 2 aromatic rings. The Hall–Kier alpha value is -1.61. The fraction of sp³-hybridized carbons (Fsp3) is 0.438. The number of rotatable bonds is 2. The molecule has 1 unspecified atom stereocenters. The van der Waals surface area contributed by atoms with Crippen LogP contribution in [0.3, 0.4) is 0 Å². The van der Waals surface area contributed by atoms with Crippen molar-refractivity contribution in [2.45, 2.75) is 45.6 Å². The lowest BCUT2D eigenvalue weighted by atomic mass is 9.86. The molecule has 3 N–H and O–H groups in total. The minimum Gasteiger partial charge on any atom is -0.328 e. The van der Waals surface area contributed by atoms with Crippen LogP contribution in [0.1, 0.15) is 38.8 Å². The zero-order valence-corrected chi connectivity index (χ0v) is 12.1. The van der Waals surface area contributed by atoms with Gasteiger partial charge >= 0.3 is 0 Å². The molecule has 1 aromatic carbocycles. The van der Waals surface area contributed by atoms with Crippen LogP contribution >= 0.6 is 0 Å². The molecule has 0 amide bonds. The third-order valence-electron chi connectivity index (χ3n) is 3.33. The van der Waals surface area contributed by atoms with E-state index in [0.717, 1.165) is 16.5 Å². The highest BCUT2D eigenvalue weighted by Crippen LogP contribution is 2.25. The van der Waals surface area contributed by atoms with Crippen molar-refractivity contribution in [3.63, 3.8) is 0 Å². The van der Waals surface area contributed by atoms with E-state index in [1.165, 1.54) is 5.56 Å². The molecule has 0 radical (unpaired) electrons. The summed E-state index contributed by atoms with van der Waals surface area (Å²) in [5, 5.41) is 1.07. The summed E-state index contributed by atoms with van der Waals surface area (Å²) in [5.74, 6) is 0. The molecule has 0 fully saturated rings. The first-order valence-electron chi connectivity index (χ1n) is 6.69. The molecule has 2 rings (SSSR count). The van der Waals surface area contributed by atoms with Crippen molar-refractivity contribution in [1.82, 2.24) is 4.98 Å². The second-order valence-corrected chi connectivity index (χ2v) is 6.36. The molecule has 19 heavy (non-hydrogen) atoms. The van der Waals surface area contributed by atoms with Crippen molar-refractivity contribution >= 4 is 10.9 Å². The molecule has 1 atom stereocenters. The number of nitrogens with one attached hydrogen (secondary N) is 1. The van der Waals surface area contributed by atoms with Gasteiger partial charge < -0.3 is 10.7 Å². The first kappa shape index (κ1) is 13.8. The molecule has 0 aliphatic heterocycles. The minimum absolute atomic E-state index is 0.00986. The molecule has 3 nitrogen and oxygen atoms in total. The number of H-pyrrole nitrogens is 1. The highest BCUT2D eigenvalue weighted by atomic mass is 16.1. The van der Waals surface area contributed by atoms with Crippen LogP contribution in [0.4, 0.5) is 0 Å². The van der Waals surface area contributed by atoms with Gasteiger partial charge in [0.05, 0.1) is 0 Å². The highest BCUT2D eigenvalue weighted by Gasteiger charge is 2.14. The topological polar surface area (TPSA) is 58.9 Å². The Morgan fingerprint density at radius 3 is 2.53 bits per heavy atom. The van der Waals surface area contributed by atoms with Gasteiger partial charge in [0, 0.05) is 17.1 Å². The minimum atomic E-state index is -0.0340. The van der Waals surface area contributed by atoms with Gasteiger partial charge in [-0.3, -0.25) is 4.79 Å². The van der Waals surface area contributed by atoms with Crippen LogP contribution in [-0.4, -0.2) is 11.0 Å². The van der Waals surface area contributed by atoms with Crippen LogP contribution in [-0.2, 0) is 11.8 Å². The van der Waals surface area contributed by atoms with Crippen molar-refractivity contribution in [3.05, 3.63) is 45.7 Å². The van der Waals surface area contributed by atoms with Crippen molar-refractivity contribution < 1.29 is 0 Å². The van der Waals surface area contributed by atoms with Crippen molar-refractivity contribution in [3.8, 4) is 0 Å². The Bertz CT molecular complexity index is 648. The Kier molecular flexibility index (Phi) is 3.50. The summed E-state index contributed by atoms with van der Waals surface area (Å²) >= 11 is 0. The Morgan fingerprint density at radius 2 is 1.95 bits per heavy atom. The number of pyridine rings is 1. The number of hydrogen-bond acceptors (Lipinski definition) is 2. The quantitative estimate of drug-likeness (QED) is 0.870. The van der Waals surface area contributed by atoms with Crippen molar-refractivity contribution in [2.24, 2.45) is 5.73 Å². The largest absolute Gasteiger partial charge is 0.328 e. The molecule has 0 aliphatic carbocycles. The van der Waals surface area contributed by atoms with Gasteiger partial charge in [-0.15, -0.1) is 0 Å². The maximum atomic E-state index is 11.9. The maximum absolute atomic E-state index is 11.9. The van der Waals surface area contributed by atoms with E-state index in [0.29, 0.717) is 6.42 Å². The van der Waals surface area contributed by atoms with E-state index < -0.39 is 0 Å². The van der Waals surface area contributed by atoms with Crippen LogP contribution < -0.4 is 11.3 Å². The fourth-order valence-corrected chi connectivity index (χ4v) is 2.22. The molecular formula is C16H22N2O. The van der Waals surface area contributed by atoms with Crippen LogP contribution in [0.2, 0.25) is 0 Å². The van der Waals surface area contributed by atoms with E-state index in [-0.39, 0.29) is 17.0 Å². The fourth-order valence-electron chi connectivity index (χ4n) is 2.22. The first-order chi connectivity index (χ1) is 8.77. The van der Waals surface area contributed by atoms with Crippen molar-refractivity contribution in [1.29, 1.82) is 0 Å². The van der Waals surface area contributed by atoms with Gasteiger partial charge in [0.25, 0.3) is 5.56 Å². The molecule has 0 spiro atoms. The molecule has 1 heterocycles. The van der Waals surface area contributed by atoms with Crippen LogP contribution in [0.15, 0.2) is 29.1 Å². The first-order valence-corrected chi connectivity index (χ1v) is 6.69. The van der Waals surface area contributed by atoms with Gasteiger partial charge in [-0.25, -0.2) is 0 Å². The summed E-state index contributed by atoms with van der Waals surface area (Å²) in [7, 11) is 0. The Labute approximate surface area is 113 Å². The molecule has 0 saturated carbocycles. The summed E-state index contributed by atoms with van der Waals surface area (Å²) < 4.78 is 0. The zero-order valence-electron chi connectivity index (χ0n) is 12.1. The average molecular weight is 258 g/mol. The van der Waals surface area contributed by atoms with Crippen molar-refractivity contribution in [2.75, 3.05) is 0 Å². The average Bonchev–Trinajstić information content (AvgIpc) is 2.27. The van der Waals surface area contributed by atoms with Crippen LogP contribution in [0.5, 0.6) is 0 Å². The summed E-state index contributed by atoms with van der Waals surface area (Å²) in [4.78, 5) is 14.9. The van der Waals surface area contributed by atoms with Gasteiger partial charge in [0.1, 0.15) is 0 Å². The lowest BCUT2D eigenvalue weighted by Crippen LogP contribution is -2.23. The molecular weight excluding hydrogens is 236 g/mol. The SMILES string of the molecule is CC(N)Cc1cc2cc(C(C)(C)C)ccc2[nH]c1=O. The second kappa shape index (κ2) is 4.82. The number of benzene rings is 1. The lowest BCUT2D eigenvalue weighted by Gasteiger charge is -2.19. The highest BCUT2D eigenvalue weighted by molar-refractivity contribution is 5.80. The van der Waals surface area contributed by atoms with E-state index in [9.17, 15) is 4.79 Å². The summed E-state index contributed by atoms with van der Waals surface area (Å²) in [6, 6.07) is 8.16. The lowest BCUT2D eigenvalue weighted by molar-refractivity contribution is 0.591. The van der Waals surface area contributed by atoms with E-state index in [4.69, 9.17) is 5.73 Å². The predicted molar refractivity (Wildman–Crippen MR) is 80.6 cm³/mol. The zero-order chi connectivity index (χ0) is 14.2. The molecule has 0 aliphatic rings. The summed E-state index contributed by atoms with van der Waals surface area (Å²) in [6.07, 6.45) is 0.602. The maximum Gasteiger partial charge on any atom is 0.251 e. The van der Waals surface area contributed by atoms with Gasteiger partial charge in [-0.1, -0.05) is 26.8 Å². The molecule has 0 saturated heterocycles. The number of fused-ring (bicyclic) bond motifs is 1. The van der Waals surface area contributed by atoms with E-state index in [1.54, 1.807) is 0 Å². The van der Waals surface area contributed by atoms with E-state index >= 15 is 0 Å². The van der Waals surface area contributed by atoms with Gasteiger partial charge in [-0.05, 0) is 47.9 Å². The Morgan fingerprint density at radius 1 is 1.26 bits per heavy atom. The van der Waals surface area contributed by atoms with Crippen LogP contribution in [0, 0.1) is 0 Å². The number of nitrogens with two attached hydrogens (primary N) is 1. The number of aromatic nitrogens is 1. The summed E-state index contributed by atoms with van der Waals surface area (Å²) in [5.41, 5.74) is 8.75. The van der Waals surface area contributed by atoms with Gasteiger partial charge in [0.15, 0.2) is 0 Å². The number of hydrogen-bond donors (Lipinski definition) is 2. The number of aromatic amines is 1.